The van der Waals surface area contributed by atoms with Crippen molar-refractivity contribution >= 4 is 15.9 Å². The van der Waals surface area contributed by atoms with Crippen LogP contribution in [0.1, 0.15) is 27.0 Å². The van der Waals surface area contributed by atoms with Crippen molar-refractivity contribution in [3.8, 4) is 0 Å². The van der Waals surface area contributed by atoms with E-state index in [0.717, 1.165) is 16.7 Å². The van der Waals surface area contributed by atoms with E-state index >= 15 is 0 Å². The fourth-order valence-electron chi connectivity index (χ4n) is 3.51. The molecule has 0 N–H and O–H groups in total. The van der Waals surface area contributed by atoms with Gasteiger partial charge in [0.05, 0.1) is 10.5 Å². The molecule has 0 atom stereocenters. The molecule has 1 aromatic carbocycles. The molecule has 6 nitrogen and oxygen atoms in total. The van der Waals surface area contributed by atoms with Gasteiger partial charge in [-0.2, -0.15) is 4.31 Å². The van der Waals surface area contributed by atoms with Crippen molar-refractivity contribution in [3.63, 3.8) is 0 Å². The molecule has 0 radical (unpaired) electrons. The van der Waals surface area contributed by atoms with Gasteiger partial charge in [-0.25, -0.2) is 8.42 Å². The van der Waals surface area contributed by atoms with Crippen LogP contribution in [-0.2, 0) is 10.0 Å². The first-order valence-electron chi connectivity index (χ1n) is 8.58. The van der Waals surface area contributed by atoms with Crippen LogP contribution in [0.4, 0.5) is 0 Å². The van der Waals surface area contributed by atoms with Gasteiger partial charge in [0.1, 0.15) is 0 Å². The lowest BCUT2D eigenvalue weighted by Crippen LogP contribution is -2.50. The monoisotopic (exact) mass is 373 g/mol. The summed E-state index contributed by atoms with van der Waals surface area (Å²) in [5.74, 6) is -0.113. The van der Waals surface area contributed by atoms with Crippen molar-refractivity contribution in [2.24, 2.45) is 0 Å². The summed E-state index contributed by atoms with van der Waals surface area (Å²) in [5.41, 5.74) is 3.09. The van der Waals surface area contributed by atoms with Gasteiger partial charge in [0.2, 0.25) is 10.0 Å². The molecule has 2 heterocycles. The minimum absolute atomic E-state index is 0.113. The lowest BCUT2D eigenvalue weighted by atomic mass is 10.1. The third-order valence-electron chi connectivity index (χ3n) is 4.64. The molecular formula is C19H23N3O3S. The summed E-state index contributed by atoms with van der Waals surface area (Å²) in [4.78, 5) is 18.5. The van der Waals surface area contributed by atoms with Gasteiger partial charge < -0.3 is 4.90 Å². The fourth-order valence-corrected chi connectivity index (χ4v) is 5.34. The molecular weight excluding hydrogens is 350 g/mol. The van der Waals surface area contributed by atoms with E-state index in [2.05, 4.69) is 4.98 Å². The number of rotatable bonds is 3. The number of sulfonamides is 1. The van der Waals surface area contributed by atoms with E-state index in [9.17, 15) is 13.2 Å². The SMILES string of the molecule is Cc1cc(C)c(S(=O)(=O)N2CCN(C(=O)c3cccnc3)CC2)c(C)c1. The number of amides is 1. The number of nitrogens with zero attached hydrogens (tertiary/aromatic N) is 3. The van der Waals surface area contributed by atoms with Crippen molar-refractivity contribution in [1.29, 1.82) is 0 Å². The Balaban J connectivity index is 1.77. The van der Waals surface area contributed by atoms with E-state index in [1.54, 1.807) is 23.2 Å². The van der Waals surface area contributed by atoms with Crippen LogP contribution in [0.2, 0.25) is 0 Å². The Morgan fingerprint density at radius 1 is 1.04 bits per heavy atom. The summed E-state index contributed by atoms with van der Waals surface area (Å²) >= 11 is 0. The van der Waals surface area contributed by atoms with Gasteiger partial charge in [0.25, 0.3) is 5.91 Å². The zero-order valence-electron chi connectivity index (χ0n) is 15.3. The van der Waals surface area contributed by atoms with Gasteiger partial charge in [-0.15, -0.1) is 0 Å². The summed E-state index contributed by atoms with van der Waals surface area (Å²) in [6.07, 6.45) is 3.15. The molecule has 0 bridgehead atoms. The van der Waals surface area contributed by atoms with Crippen molar-refractivity contribution in [2.75, 3.05) is 26.2 Å². The van der Waals surface area contributed by atoms with Crippen LogP contribution in [0.15, 0.2) is 41.6 Å². The van der Waals surface area contributed by atoms with Gasteiger partial charge in [-0.1, -0.05) is 17.7 Å². The van der Waals surface area contributed by atoms with Crippen molar-refractivity contribution in [2.45, 2.75) is 25.7 Å². The number of carbonyl (C=O) groups excluding carboxylic acids is 1. The van der Waals surface area contributed by atoms with Crippen LogP contribution in [0.25, 0.3) is 0 Å². The third-order valence-corrected chi connectivity index (χ3v) is 6.84. The molecule has 3 rings (SSSR count). The zero-order valence-corrected chi connectivity index (χ0v) is 16.1. The predicted octanol–water partition coefficient (Wildman–Crippen LogP) is 2.15. The molecule has 1 fully saturated rings. The number of piperazine rings is 1. The van der Waals surface area contributed by atoms with Gasteiger partial charge >= 0.3 is 0 Å². The second-order valence-electron chi connectivity index (χ2n) is 6.67. The third kappa shape index (κ3) is 3.50. The fraction of sp³-hybridized carbons (Fsp3) is 0.368. The molecule has 1 saturated heterocycles. The Bertz CT molecular complexity index is 895. The highest BCUT2D eigenvalue weighted by Crippen LogP contribution is 2.26. The van der Waals surface area contributed by atoms with Crippen LogP contribution in [-0.4, -0.2) is 54.7 Å². The molecule has 1 aliphatic heterocycles. The molecule has 0 spiro atoms. The maximum Gasteiger partial charge on any atom is 0.255 e. The normalized spacial score (nSPS) is 15.9. The largest absolute Gasteiger partial charge is 0.336 e. The Labute approximate surface area is 154 Å². The molecule has 0 unspecified atom stereocenters. The first-order chi connectivity index (χ1) is 12.3. The number of benzene rings is 1. The van der Waals surface area contributed by atoms with Crippen LogP contribution in [0.3, 0.4) is 0 Å². The van der Waals surface area contributed by atoms with Crippen molar-refractivity contribution in [1.82, 2.24) is 14.2 Å². The quantitative estimate of drug-likeness (QED) is 0.827. The first-order valence-corrected chi connectivity index (χ1v) is 10.0. The second kappa shape index (κ2) is 7.17. The molecule has 1 aliphatic rings. The average molecular weight is 373 g/mol. The lowest BCUT2D eigenvalue weighted by Gasteiger charge is -2.34. The molecule has 138 valence electrons. The summed E-state index contributed by atoms with van der Waals surface area (Å²) in [6.45, 7) is 6.94. The van der Waals surface area contributed by atoms with E-state index in [4.69, 9.17) is 0 Å². The van der Waals surface area contributed by atoms with Gasteiger partial charge in [0, 0.05) is 38.6 Å². The Kier molecular flexibility index (Phi) is 5.11. The molecule has 1 aromatic heterocycles. The molecule has 1 amide bonds. The highest BCUT2D eigenvalue weighted by molar-refractivity contribution is 7.89. The number of hydrogen-bond acceptors (Lipinski definition) is 4. The van der Waals surface area contributed by atoms with Gasteiger partial charge in [0.15, 0.2) is 0 Å². The van der Waals surface area contributed by atoms with E-state index in [1.165, 1.54) is 10.5 Å². The van der Waals surface area contributed by atoms with Crippen LogP contribution >= 0.6 is 0 Å². The molecule has 26 heavy (non-hydrogen) atoms. The van der Waals surface area contributed by atoms with Gasteiger partial charge in [-0.05, 0) is 44.0 Å². The van der Waals surface area contributed by atoms with Crippen molar-refractivity contribution in [3.05, 3.63) is 58.9 Å². The van der Waals surface area contributed by atoms with Crippen LogP contribution < -0.4 is 0 Å². The Hall–Kier alpha value is -2.25. The first kappa shape index (κ1) is 18.5. The Morgan fingerprint density at radius 2 is 1.65 bits per heavy atom. The van der Waals surface area contributed by atoms with Crippen molar-refractivity contribution < 1.29 is 13.2 Å². The van der Waals surface area contributed by atoms with Gasteiger partial charge in [-0.3, -0.25) is 9.78 Å². The molecule has 0 aliphatic carbocycles. The summed E-state index contributed by atoms with van der Waals surface area (Å²) in [7, 11) is -3.57. The zero-order chi connectivity index (χ0) is 18.9. The minimum atomic E-state index is -3.57. The summed E-state index contributed by atoms with van der Waals surface area (Å²) < 4.78 is 27.7. The molecule has 0 saturated carbocycles. The van der Waals surface area contributed by atoms with Crippen LogP contribution in [0, 0.1) is 20.8 Å². The van der Waals surface area contributed by atoms with E-state index in [1.807, 2.05) is 32.9 Å². The molecule has 2 aromatic rings. The summed E-state index contributed by atoms with van der Waals surface area (Å²) in [6, 6.07) is 7.22. The average Bonchev–Trinajstić information content (AvgIpc) is 2.61. The number of hydrogen-bond donors (Lipinski definition) is 0. The molecule has 7 heteroatoms. The number of carbonyl (C=O) groups is 1. The van der Waals surface area contributed by atoms with E-state index in [0.29, 0.717) is 36.6 Å². The predicted molar refractivity (Wildman–Crippen MR) is 99.6 cm³/mol. The standard InChI is InChI=1S/C19H23N3O3S/c1-14-11-15(2)18(16(3)12-14)26(24,25)22-9-7-21(8-10-22)19(23)17-5-4-6-20-13-17/h4-6,11-13H,7-10H2,1-3H3. The minimum Gasteiger partial charge on any atom is -0.336 e. The lowest BCUT2D eigenvalue weighted by molar-refractivity contribution is 0.0697. The highest BCUT2D eigenvalue weighted by Gasteiger charge is 2.32. The number of pyridine rings is 1. The maximum atomic E-state index is 13.1. The van der Waals surface area contributed by atoms with Crippen LogP contribution in [0.5, 0.6) is 0 Å². The van der Waals surface area contributed by atoms with E-state index in [-0.39, 0.29) is 5.91 Å². The Morgan fingerprint density at radius 3 is 2.19 bits per heavy atom. The number of aryl methyl sites for hydroxylation is 3. The maximum absolute atomic E-state index is 13.1. The number of aromatic nitrogens is 1. The highest BCUT2D eigenvalue weighted by atomic mass is 32.2. The second-order valence-corrected chi connectivity index (χ2v) is 8.54. The topological polar surface area (TPSA) is 70.6 Å². The smallest absolute Gasteiger partial charge is 0.255 e. The summed E-state index contributed by atoms with van der Waals surface area (Å²) in [5, 5.41) is 0. The van der Waals surface area contributed by atoms with E-state index < -0.39 is 10.0 Å².